The summed E-state index contributed by atoms with van der Waals surface area (Å²) in [5.74, 6) is 4.65. The third kappa shape index (κ3) is 3.06. The second-order valence-corrected chi connectivity index (χ2v) is 0.661. The second kappa shape index (κ2) is 3.43. The molecular weight excluding hydrogens is 102 g/mol. The predicted molar refractivity (Wildman–Crippen MR) is 19.9 cm³/mol. The molecule has 0 saturated carbocycles. The van der Waals surface area contributed by atoms with Gasteiger partial charge in [0.25, 0.3) is 0 Å². The highest BCUT2D eigenvalue weighted by Gasteiger charge is 1.85. The fourth-order valence-corrected chi connectivity index (χ4v) is 0.0663. The molecule has 0 aliphatic rings. The summed E-state index contributed by atoms with van der Waals surface area (Å²) in [6, 6.07) is 0. The molecule has 0 fully saturated rings. The van der Waals surface area contributed by atoms with E-state index in [0.29, 0.717) is 5.23 Å². The number of nitrogens with one attached hydrogen (secondary N) is 2. The maximum Gasteiger partial charge on any atom is 0.0682 e. The zero-order chi connectivity index (χ0) is 5.70. The molecule has 0 aromatic heterocycles. The molecule has 0 aliphatic carbocycles. The highest BCUT2D eigenvalue weighted by atomic mass is 16.5. The lowest BCUT2D eigenvalue weighted by Crippen LogP contribution is -2.49. The molecule has 0 aromatic carbocycles. The van der Waals surface area contributed by atoms with Crippen LogP contribution in [-0.2, 0) is 0 Å². The Morgan fingerprint density at radius 3 is 2.57 bits per heavy atom. The number of hydrogen-bond donors (Lipinski definition) is 4. The van der Waals surface area contributed by atoms with Crippen LogP contribution in [0.5, 0.6) is 0 Å². The van der Waals surface area contributed by atoms with E-state index in [0.717, 1.165) is 0 Å². The molecule has 0 aliphatic heterocycles. The molecule has 7 heavy (non-hydrogen) atoms. The van der Waals surface area contributed by atoms with Crippen LogP contribution in [0.4, 0.5) is 0 Å². The van der Waals surface area contributed by atoms with Gasteiger partial charge in [-0.05, 0) is 5.23 Å². The first-order valence-electron chi connectivity index (χ1n) is 1.34. The number of nitrogens with two attached hydrogens (primary N) is 1. The standard InChI is InChI=1S/H5N5O2/c1-5(4-7)2-3-6/h4,7H,1H2,(H,2,6). The number of nitrogens with zero attached hydrogens (tertiary/aromatic N) is 2. The normalized spacial score (nSPS) is 9.00. The van der Waals surface area contributed by atoms with Gasteiger partial charge < -0.3 is 0 Å². The van der Waals surface area contributed by atoms with E-state index in [4.69, 9.17) is 10.1 Å². The molecular formula is H5N5O2. The van der Waals surface area contributed by atoms with Gasteiger partial charge in [-0.1, -0.05) is 0 Å². The van der Waals surface area contributed by atoms with Gasteiger partial charge in [-0.3, -0.25) is 5.21 Å². The molecule has 0 aromatic rings. The van der Waals surface area contributed by atoms with Crippen LogP contribution in [0, 0.1) is 4.91 Å². The number of nitroso groups, excluding NO2 is 1. The fraction of sp³-hybridized carbons (Fsp3) is 0. The highest BCUT2D eigenvalue weighted by Crippen LogP contribution is 1.51. The zero-order valence-corrected chi connectivity index (χ0v) is 3.33. The molecule has 0 rings (SSSR count). The average molecular weight is 107 g/mol. The summed E-state index contributed by atoms with van der Waals surface area (Å²) in [6.07, 6.45) is 0. The number of hydrogen-bond acceptors (Lipinski definition) is 6. The van der Waals surface area contributed by atoms with Crippen LogP contribution in [0.25, 0.3) is 0 Å². The summed E-state index contributed by atoms with van der Waals surface area (Å²) in [4.78, 5) is 9.14. The lowest BCUT2D eigenvalue weighted by molar-refractivity contribution is -0.0573. The van der Waals surface area contributed by atoms with E-state index in [1.165, 1.54) is 5.59 Å². The van der Waals surface area contributed by atoms with Crippen molar-refractivity contribution in [1.29, 1.82) is 0 Å². The van der Waals surface area contributed by atoms with Crippen molar-refractivity contribution in [2.24, 2.45) is 11.1 Å². The lowest BCUT2D eigenvalue weighted by Gasteiger charge is -2.06. The second-order valence-electron chi connectivity index (χ2n) is 0.661. The van der Waals surface area contributed by atoms with Gasteiger partial charge in [0.2, 0.25) is 0 Å². The average Bonchev–Trinajstić information content (AvgIpc) is 1.68. The topological polar surface area (TPSA) is 103 Å². The minimum atomic E-state index is 0.382. The SMILES string of the molecule is NN(NO)NN=O. The number of rotatable bonds is 3. The molecule has 0 bridgehead atoms. The van der Waals surface area contributed by atoms with E-state index in [-0.39, 0.29) is 0 Å². The summed E-state index contributed by atoms with van der Waals surface area (Å²) in [7, 11) is 0. The minimum Gasteiger partial charge on any atom is -0.299 e. The third-order valence-corrected chi connectivity index (χ3v) is 0.256. The van der Waals surface area contributed by atoms with Crippen LogP contribution in [0.3, 0.4) is 0 Å². The Morgan fingerprint density at radius 2 is 2.43 bits per heavy atom. The molecule has 42 valence electrons. The Bertz CT molecular complexity index is 52.0. The van der Waals surface area contributed by atoms with Crippen LogP contribution in [0.2, 0.25) is 0 Å². The summed E-state index contributed by atoms with van der Waals surface area (Å²) in [6.45, 7) is 0. The summed E-state index contributed by atoms with van der Waals surface area (Å²) in [5.41, 5.74) is 2.99. The molecule has 0 heterocycles. The van der Waals surface area contributed by atoms with Gasteiger partial charge in [0, 0.05) is 0 Å². The molecule has 7 nitrogen and oxygen atoms in total. The molecule has 0 radical (unpaired) electrons. The van der Waals surface area contributed by atoms with Crippen LogP contribution in [-0.4, -0.2) is 10.4 Å². The minimum absolute atomic E-state index is 0.382. The predicted octanol–water partition coefficient (Wildman–Crippen LogP) is -1.76. The third-order valence-electron chi connectivity index (χ3n) is 0.256. The summed E-state index contributed by atoms with van der Waals surface area (Å²) >= 11 is 0. The molecule has 5 N–H and O–H groups in total. The quantitative estimate of drug-likeness (QED) is 0.193. The largest absolute Gasteiger partial charge is 0.299 e. The van der Waals surface area contributed by atoms with Crippen molar-refractivity contribution in [2.45, 2.75) is 0 Å². The Morgan fingerprint density at radius 1 is 1.86 bits per heavy atom. The van der Waals surface area contributed by atoms with Gasteiger partial charge in [-0.25, -0.2) is 5.84 Å². The molecule has 0 amide bonds. The monoisotopic (exact) mass is 107 g/mol. The van der Waals surface area contributed by atoms with Crippen LogP contribution in [0.1, 0.15) is 0 Å². The number of hydrazine groups is 3. The maximum absolute atomic E-state index is 9.14. The Balaban J connectivity index is 2.98. The van der Waals surface area contributed by atoms with Crippen molar-refractivity contribution in [3.8, 4) is 0 Å². The molecule has 0 spiro atoms. The van der Waals surface area contributed by atoms with Crippen molar-refractivity contribution >= 4 is 0 Å². The van der Waals surface area contributed by atoms with Gasteiger partial charge in [-0.2, -0.15) is 5.53 Å². The maximum atomic E-state index is 9.14. The first-order chi connectivity index (χ1) is 3.31. The van der Waals surface area contributed by atoms with Crippen LogP contribution in [0.15, 0.2) is 5.29 Å². The zero-order valence-electron chi connectivity index (χ0n) is 3.33. The summed E-state index contributed by atoms with van der Waals surface area (Å²) in [5, 5.41) is 10.2. The van der Waals surface area contributed by atoms with Crippen molar-refractivity contribution in [3.63, 3.8) is 0 Å². The lowest BCUT2D eigenvalue weighted by atomic mass is 12.1. The van der Waals surface area contributed by atoms with Crippen molar-refractivity contribution in [1.82, 2.24) is 16.4 Å². The Hall–Kier alpha value is -0.760. The molecule has 0 unspecified atom stereocenters. The van der Waals surface area contributed by atoms with E-state index < -0.39 is 0 Å². The smallest absolute Gasteiger partial charge is 0.0682 e. The molecule has 0 atom stereocenters. The van der Waals surface area contributed by atoms with Crippen molar-refractivity contribution in [3.05, 3.63) is 4.91 Å². The van der Waals surface area contributed by atoms with Gasteiger partial charge in [0.15, 0.2) is 0 Å². The first kappa shape index (κ1) is 6.24. The highest BCUT2D eigenvalue weighted by molar-refractivity contribution is 4.10. The van der Waals surface area contributed by atoms with Crippen molar-refractivity contribution < 1.29 is 5.21 Å². The summed E-state index contributed by atoms with van der Waals surface area (Å²) < 4.78 is 0. The first-order valence-corrected chi connectivity index (χ1v) is 1.34. The van der Waals surface area contributed by atoms with Gasteiger partial charge in [-0.15, -0.1) is 10.5 Å². The van der Waals surface area contributed by atoms with E-state index in [1.807, 2.05) is 0 Å². The van der Waals surface area contributed by atoms with E-state index in [9.17, 15) is 0 Å². The molecule has 7 heteroatoms. The Kier molecular flexibility index (Phi) is 3.06. The van der Waals surface area contributed by atoms with E-state index in [1.54, 1.807) is 5.53 Å². The van der Waals surface area contributed by atoms with Gasteiger partial charge in [0.1, 0.15) is 0 Å². The van der Waals surface area contributed by atoms with Crippen LogP contribution < -0.4 is 17.0 Å². The fourth-order valence-electron chi connectivity index (χ4n) is 0.0663. The van der Waals surface area contributed by atoms with E-state index in [2.05, 4.69) is 11.1 Å². The van der Waals surface area contributed by atoms with Crippen molar-refractivity contribution in [2.75, 3.05) is 0 Å². The Labute approximate surface area is 38.9 Å². The van der Waals surface area contributed by atoms with Gasteiger partial charge >= 0.3 is 0 Å². The van der Waals surface area contributed by atoms with E-state index >= 15 is 0 Å². The molecule has 0 saturated heterocycles. The van der Waals surface area contributed by atoms with Crippen LogP contribution >= 0.6 is 0 Å². The van der Waals surface area contributed by atoms with Gasteiger partial charge in [0.05, 0.1) is 5.29 Å².